The lowest BCUT2D eigenvalue weighted by molar-refractivity contribution is 1.59. The van der Waals surface area contributed by atoms with Gasteiger partial charge in [-0.15, -0.1) is 0 Å². The molecule has 0 fully saturated rings. The molecule has 0 N–H and O–H groups in total. The molecule has 128 valence electrons. The standard InChI is InChI=1S/C26H17Br/c27-26-16-15-20(23-13-5-9-18-7-1-3-11-21(18)23)17-25(26)24-14-6-10-19-8-2-4-12-22(19)24/h1-17H. The van der Waals surface area contributed by atoms with Crippen LogP contribution in [0.3, 0.4) is 0 Å². The maximum absolute atomic E-state index is 3.78. The van der Waals surface area contributed by atoms with E-state index in [0.717, 1.165) is 4.47 Å². The van der Waals surface area contributed by atoms with Gasteiger partial charge in [0.1, 0.15) is 0 Å². The van der Waals surface area contributed by atoms with E-state index < -0.39 is 0 Å². The van der Waals surface area contributed by atoms with Crippen LogP contribution < -0.4 is 0 Å². The van der Waals surface area contributed by atoms with Gasteiger partial charge < -0.3 is 0 Å². The first-order chi connectivity index (χ1) is 13.3. The van der Waals surface area contributed by atoms with Crippen LogP contribution in [0.2, 0.25) is 0 Å². The Morgan fingerprint density at radius 2 is 1.00 bits per heavy atom. The molecule has 0 aliphatic carbocycles. The molecule has 5 rings (SSSR count). The summed E-state index contributed by atoms with van der Waals surface area (Å²) in [5.41, 5.74) is 4.97. The van der Waals surface area contributed by atoms with Gasteiger partial charge in [-0.2, -0.15) is 0 Å². The van der Waals surface area contributed by atoms with Crippen molar-refractivity contribution in [2.45, 2.75) is 0 Å². The van der Waals surface area contributed by atoms with E-state index in [4.69, 9.17) is 0 Å². The number of hydrogen-bond acceptors (Lipinski definition) is 0. The van der Waals surface area contributed by atoms with Crippen LogP contribution in [-0.2, 0) is 0 Å². The molecule has 5 aromatic carbocycles. The lowest BCUT2D eigenvalue weighted by Gasteiger charge is -2.13. The predicted octanol–water partition coefficient (Wildman–Crippen LogP) is 8.09. The second-order valence-electron chi connectivity index (χ2n) is 6.75. The second-order valence-corrected chi connectivity index (χ2v) is 7.60. The van der Waals surface area contributed by atoms with Crippen LogP contribution in [0.15, 0.2) is 108 Å². The normalized spacial score (nSPS) is 11.1. The molecule has 0 nitrogen and oxygen atoms in total. The van der Waals surface area contributed by atoms with Crippen LogP contribution in [0.1, 0.15) is 0 Å². The Kier molecular flexibility index (Phi) is 4.03. The van der Waals surface area contributed by atoms with Crippen LogP contribution in [-0.4, -0.2) is 0 Å². The molecule has 0 spiro atoms. The highest BCUT2D eigenvalue weighted by molar-refractivity contribution is 9.10. The number of hydrogen-bond donors (Lipinski definition) is 0. The number of rotatable bonds is 2. The van der Waals surface area contributed by atoms with Gasteiger partial charge in [-0.1, -0.05) is 107 Å². The summed E-state index contributed by atoms with van der Waals surface area (Å²) in [7, 11) is 0. The van der Waals surface area contributed by atoms with E-state index in [1.807, 2.05) is 0 Å². The monoisotopic (exact) mass is 408 g/mol. The number of halogens is 1. The summed E-state index contributed by atoms with van der Waals surface area (Å²) >= 11 is 3.78. The van der Waals surface area contributed by atoms with Crippen molar-refractivity contribution in [3.05, 3.63) is 108 Å². The molecular weight excluding hydrogens is 392 g/mol. The lowest BCUT2D eigenvalue weighted by Crippen LogP contribution is -1.86. The van der Waals surface area contributed by atoms with Gasteiger partial charge in [-0.25, -0.2) is 0 Å². The molecule has 0 aliphatic heterocycles. The molecule has 0 heterocycles. The molecular formula is C26H17Br. The molecule has 27 heavy (non-hydrogen) atoms. The van der Waals surface area contributed by atoms with Crippen molar-refractivity contribution in [2.75, 3.05) is 0 Å². The molecule has 0 radical (unpaired) electrons. The van der Waals surface area contributed by atoms with E-state index in [9.17, 15) is 0 Å². The Balaban J connectivity index is 1.76. The molecule has 0 unspecified atom stereocenters. The third-order valence-corrected chi connectivity index (χ3v) is 5.84. The minimum absolute atomic E-state index is 1.11. The van der Waals surface area contributed by atoms with E-state index in [2.05, 4.69) is 119 Å². The fourth-order valence-corrected chi connectivity index (χ4v) is 4.30. The topological polar surface area (TPSA) is 0 Å². The van der Waals surface area contributed by atoms with Crippen LogP contribution in [0.4, 0.5) is 0 Å². The van der Waals surface area contributed by atoms with E-state index in [1.165, 1.54) is 43.8 Å². The SMILES string of the molecule is Brc1ccc(-c2cccc3ccccc23)cc1-c1cccc2ccccc12. The smallest absolute Gasteiger partial charge is 0.0254 e. The Morgan fingerprint density at radius 3 is 1.70 bits per heavy atom. The van der Waals surface area contributed by atoms with Crippen LogP contribution in [0.5, 0.6) is 0 Å². The molecule has 0 saturated heterocycles. The first-order valence-corrected chi connectivity index (χ1v) is 9.86. The maximum Gasteiger partial charge on any atom is 0.0254 e. The highest BCUT2D eigenvalue weighted by Crippen LogP contribution is 2.38. The lowest BCUT2D eigenvalue weighted by atomic mass is 9.93. The minimum Gasteiger partial charge on any atom is -0.0616 e. The Labute approximate surface area is 167 Å². The summed E-state index contributed by atoms with van der Waals surface area (Å²) < 4.78 is 1.11. The fourth-order valence-electron chi connectivity index (χ4n) is 3.84. The average Bonchev–Trinajstić information content (AvgIpc) is 2.73. The molecule has 0 aliphatic rings. The largest absolute Gasteiger partial charge is 0.0616 e. The average molecular weight is 409 g/mol. The highest BCUT2D eigenvalue weighted by atomic mass is 79.9. The molecule has 1 heteroatoms. The van der Waals surface area contributed by atoms with Gasteiger partial charge in [0.2, 0.25) is 0 Å². The molecule has 0 bridgehead atoms. The Bertz CT molecular complexity index is 1270. The van der Waals surface area contributed by atoms with Crippen molar-refractivity contribution in [1.29, 1.82) is 0 Å². The van der Waals surface area contributed by atoms with E-state index in [1.54, 1.807) is 0 Å². The van der Waals surface area contributed by atoms with Crippen LogP contribution >= 0.6 is 15.9 Å². The van der Waals surface area contributed by atoms with Crippen LogP contribution in [0, 0.1) is 0 Å². The first kappa shape index (κ1) is 16.3. The predicted molar refractivity (Wildman–Crippen MR) is 120 cm³/mol. The molecule has 5 aromatic rings. The highest BCUT2D eigenvalue weighted by Gasteiger charge is 2.10. The summed E-state index contributed by atoms with van der Waals surface area (Å²) in [6.45, 7) is 0. The van der Waals surface area contributed by atoms with Crippen molar-refractivity contribution in [1.82, 2.24) is 0 Å². The van der Waals surface area contributed by atoms with E-state index >= 15 is 0 Å². The van der Waals surface area contributed by atoms with Gasteiger partial charge in [-0.3, -0.25) is 0 Å². The second kappa shape index (κ2) is 6.68. The van der Waals surface area contributed by atoms with E-state index in [-0.39, 0.29) is 0 Å². The van der Waals surface area contributed by atoms with Gasteiger partial charge in [-0.05, 0) is 55.9 Å². The summed E-state index contributed by atoms with van der Waals surface area (Å²) in [6.07, 6.45) is 0. The summed E-state index contributed by atoms with van der Waals surface area (Å²) in [6, 6.07) is 36.8. The Morgan fingerprint density at radius 1 is 0.444 bits per heavy atom. The van der Waals surface area contributed by atoms with Crippen LogP contribution in [0.25, 0.3) is 43.8 Å². The molecule has 0 amide bonds. The van der Waals surface area contributed by atoms with Gasteiger partial charge in [0.15, 0.2) is 0 Å². The van der Waals surface area contributed by atoms with Gasteiger partial charge >= 0.3 is 0 Å². The fraction of sp³-hybridized carbons (Fsp3) is 0. The third-order valence-electron chi connectivity index (χ3n) is 5.15. The zero-order chi connectivity index (χ0) is 18.2. The van der Waals surface area contributed by atoms with Crippen molar-refractivity contribution in [3.8, 4) is 22.3 Å². The van der Waals surface area contributed by atoms with Crippen molar-refractivity contribution >= 4 is 37.5 Å². The summed E-state index contributed by atoms with van der Waals surface area (Å²) in [4.78, 5) is 0. The molecule has 0 atom stereocenters. The zero-order valence-corrected chi connectivity index (χ0v) is 16.3. The van der Waals surface area contributed by atoms with E-state index in [0.29, 0.717) is 0 Å². The summed E-state index contributed by atoms with van der Waals surface area (Å²) in [5, 5.41) is 5.09. The third kappa shape index (κ3) is 2.85. The first-order valence-electron chi connectivity index (χ1n) is 9.07. The molecule has 0 aromatic heterocycles. The van der Waals surface area contributed by atoms with Crippen molar-refractivity contribution in [3.63, 3.8) is 0 Å². The zero-order valence-electron chi connectivity index (χ0n) is 14.7. The minimum atomic E-state index is 1.11. The molecule has 0 saturated carbocycles. The number of fused-ring (bicyclic) bond motifs is 2. The van der Waals surface area contributed by atoms with Crippen molar-refractivity contribution < 1.29 is 0 Å². The Hall–Kier alpha value is -2.90. The van der Waals surface area contributed by atoms with Gasteiger partial charge in [0, 0.05) is 4.47 Å². The summed E-state index contributed by atoms with van der Waals surface area (Å²) in [5.74, 6) is 0. The van der Waals surface area contributed by atoms with Gasteiger partial charge in [0.25, 0.3) is 0 Å². The van der Waals surface area contributed by atoms with Crippen molar-refractivity contribution in [2.24, 2.45) is 0 Å². The number of benzene rings is 5. The van der Waals surface area contributed by atoms with Gasteiger partial charge in [0.05, 0.1) is 0 Å². The quantitative estimate of drug-likeness (QED) is 0.276. The maximum atomic E-state index is 3.78.